The summed E-state index contributed by atoms with van der Waals surface area (Å²) in [5.41, 5.74) is 1.89. The normalized spacial score (nSPS) is 11.8. The standard InChI is InChI=1S/C24H17N3O4S/c28-27(29)24-22(16-32(30,31)21-8-2-1-3-9-21)25-23-13-12-20(15-26(23)24)19-11-10-17-6-4-5-7-18(17)14-19/h1-15H,16H2. The first-order chi connectivity index (χ1) is 15.4. The third-order valence-electron chi connectivity index (χ3n) is 5.35. The fourth-order valence-electron chi connectivity index (χ4n) is 3.80. The van der Waals surface area contributed by atoms with Crippen molar-refractivity contribution < 1.29 is 13.3 Å². The molecule has 0 aliphatic heterocycles. The number of hydrogen-bond acceptors (Lipinski definition) is 5. The zero-order chi connectivity index (χ0) is 22.3. The molecule has 158 valence electrons. The number of nitro groups is 1. The van der Waals surface area contributed by atoms with Gasteiger partial charge >= 0.3 is 5.82 Å². The summed E-state index contributed by atoms with van der Waals surface area (Å²) in [5.74, 6) is -0.900. The predicted octanol–water partition coefficient (Wildman–Crippen LogP) is 5.04. The second-order valence-corrected chi connectivity index (χ2v) is 9.41. The van der Waals surface area contributed by atoms with E-state index in [-0.39, 0.29) is 16.4 Å². The molecule has 32 heavy (non-hydrogen) atoms. The smallest absolute Gasteiger partial charge is 0.352 e. The largest absolute Gasteiger partial charge is 0.358 e. The van der Waals surface area contributed by atoms with E-state index >= 15 is 0 Å². The van der Waals surface area contributed by atoms with Crippen LogP contribution >= 0.6 is 0 Å². The molecular weight excluding hydrogens is 426 g/mol. The van der Waals surface area contributed by atoms with Crippen LogP contribution in [0.1, 0.15) is 5.69 Å². The van der Waals surface area contributed by atoms with Gasteiger partial charge in [-0.3, -0.25) is 0 Å². The second-order valence-electron chi connectivity index (χ2n) is 7.42. The summed E-state index contributed by atoms with van der Waals surface area (Å²) in [6.07, 6.45) is 1.63. The zero-order valence-electron chi connectivity index (χ0n) is 16.8. The lowest BCUT2D eigenvalue weighted by Crippen LogP contribution is -2.07. The lowest BCUT2D eigenvalue weighted by Gasteiger charge is -2.04. The van der Waals surface area contributed by atoms with Crippen molar-refractivity contribution in [1.29, 1.82) is 0 Å². The Morgan fingerprint density at radius 3 is 2.28 bits per heavy atom. The molecule has 0 atom stereocenters. The average Bonchev–Trinajstić information content (AvgIpc) is 3.15. The van der Waals surface area contributed by atoms with Gasteiger partial charge in [-0.25, -0.2) is 13.4 Å². The summed E-state index contributed by atoms with van der Waals surface area (Å²) < 4.78 is 26.9. The molecule has 0 aliphatic rings. The van der Waals surface area contributed by atoms with Gasteiger partial charge in [0.25, 0.3) is 0 Å². The van der Waals surface area contributed by atoms with Crippen LogP contribution in [0.5, 0.6) is 0 Å². The first-order valence-electron chi connectivity index (χ1n) is 9.85. The molecular formula is C24H17N3O4S. The molecule has 0 amide bonds. The molecule has 8 heteroatoms. The van der Waals surface area contributed by atoms with Gasteiger partial charge in [-0.2, -0.15) is 4.40 Å². The quantitative estimate of drug-likeness (QED) is 0.280. The molecule has 0 fully saturated rings. The highest BCUT2D eigenvalue weighted by molar-refractivity contribution is 7.90. The summed E-state index contributed by atoms with van der Waals surface area (Å²) >= 11 is 0. The van der Waals surface area contributed by atoms with Crippen molar-refractivity contribution in [3.63, 3.8) is 0 Å². The van der Waals surface area contributed by atoms with E-state index in [0.717, 1.165) is 21.9 Å². The molecule has 3 aromatic carbocycles. The van der Waals surface area contributed by atoms with Gasteiger partial charge in [0, 0.05) is 11.6 Å². The minimum Gasteiger partial charge on any atom is -0.358 e. The number of sulfone groups is 1. The SMILES string of the molecule is O=[N+]([O-])c1c(CS(=O)(=O)c2ccccc2)nc2ccc(-c3ccc4ccccc4c3)cn12. The average molecular weight is 443 g/mol. The van der Waals surface area contributed by atoms with E-state index in [9.17, 15) is 18.5 Å². The Kier molecular flexibility index (Phi) is 4.71. The van der Waals surface area contributed by atoms with E-state index in [4.69, 9.17) is 0 Å². The van der Waals surface area contributed by atoms with Crippen LogP contribution in [-0.4, -0.2) is 22.7 Å². The Bertz CT molecular complexity index is 1590. The van der Waals surface area contributed by atoms with Gasteiger partial charge < -0.3 is 10.1 Å². The highest BCUT2D eigenvalue weighted by Crippen LogP contribution is 2.29. The van der Waals surface area contributed by atoms with E-state index in [0.29, 0.717) is 5.65 Å². The number of aromatic nitrogens is 2. The number of benzene rings is 3. The van der Waals surface area contributed by atoms with Crippen LogP contribution in [0.15, 0.2) is 96.0 Å². The molecule has 7 nitrogen and oxygen atoms in total. The first kappa shape index (κ1) is 19.9. The molecule has 0 bridgehead atoms. The molecule has 0 radical (unpaired) electrons. The van der Waals surface area contributed by atoms with Gasteiger partial charge in [0.15, 0.2) is 15.5 Å². The van der Waals surface area contributed by atoms with Crippen molar-refractivity contribution in [2.45, 2.75) is 10.6 Å². The van der Waals surface area contributed by atoms with Crippen molar-refractivity contribution >= 4 is 32.1 Å². The number of fused-ring (bicyclic) bond motifs is 2. The Morgan fingerprint density at radius 1 is 0.844 bits per heavy atom. The summed E-state index contributed by atoms with van der Waals surface area (Å²) in [7, 11) is -3.78. The van der Waals surface area contributed by atoms with Crippen molar-refractivity contribution in [3.8, 4) is 11.1 Å². The van der Waals surface area contributed by atoms with E-state index in [1.165, 1.54) is 16.5 Å². The van der Waals surface area contributed by atoms with Gasteiger partial charge in [-0.1, -0.05) is 54.6 Å². The highest BCUT2D eigenvalue weighted by Gasteiger charge is 2.28. The molecule has 2 heterocycles. The Hall–Kier alpha value is -4.04. The zero-order valence-corrected chi connectivity index (χ0v) is 17.6. The third kappa shape index (κ3) is 3.50. The summed E-state index contributed by atoms with van der Waals surface area (Å²) in [5, 5.41) is 14.0. The molecule has 0 unspecified atom stereocenters. The number of pyridine rings is 1. The summed E-state index contributed by atoms with van der Waals surface area (Å²) in [4.78, 5) is 15.7. The monoisotopic (exact) mass is 443 g/mol. The Labute approximate surface area is 183 Å². The Morgan fingerprint density at radius 2 is 1.53 bits per heavy atom. The topological polar surface area (TPSA) is 94.6 Å². The van der Waals surface area contributed by atoms with Crippen LogP contribution in [0.3, 0.4) is 0 Å². The number of hydrogen-bond donors (Lipinski definition) is 0. The molecule has 0 saturated carbocycles. The molecule has 0 aliphatic carbocycles. The van der Waals surface area contributed by atoms with Crippen LogP contribution < -0.4 is 0 Å². The molecule has 5 rings (SSSR count). The summed E-state index contributed by atoms with van der Waals surface area (Å²) in [6, 6.07) is 25.3. The maximum Gasteiger partial charge on any atom is 0.352 e. The number of nitrogens with zero attached hydrogens (tertiary/aromatic N) is 3. The number of imidazole rings is 1. The fraction of sp³-hybridized carbons (Fsp3) is 0.0417. The van der Waals surface area contributed by atoms with Gasteiger partial charge in [0.2, 0.25) is 5.65 Å². The minimum absolute atomic E-state index is 0.0884. The molecule has 2 aromatic heterocycles. The van der Waals surface area contributed by atoms with Crippen molar-refractivity contribution in [2.75, 3.05) is 0 Å². The van der Waals surface area contributed by atoms with Gasteiger partial charge in [-0.15, -0.1) is 0 Å². The lowest BCUT2D eigenvalue weighted by atomic mass is 10.0. The van der Waals surface area contributed by atoms with Crippen LogP contribution in [0.2, 0.25) is 0 Å². The maximum absolute atomic E-state index is 12.8. The third-order valence-corrected chi connectivity index (χ3v) is 6.99. The highest BCUT2D eigenvalue weighted by atomic mass is 32.2. The predicted molar refractivity (Wildman–Crippen MR) is 122 cm³/mol. The molecule has 0 N–H and O–H groups in total. The van der Waals surface area contributed by atoms with Gasteiger partial charge in [-0.05, 0) is 45.5 Å². The Balaban J connectivity index is 1.62. The van der Waals surface area contributed by atoms with Crippen molar-refractivity contribution in [1.82, 2.24) is 9.38 Å². The fourth-order valence-corrected chi connectivity index (χ4v) is 5.09. The van der Waals surface area contributed by atoms with Gasteiger partial charge in [0.1, 0.15) is 11.9 Å². The van der Waals surface area contributed by atoms with E-state index in [2.05, 4.69) is 4.98 Å². The van der Waals surface area contributed by atoms with Crippen LogP contribution in [0, 0.1) is 10.1 Å². The van der Waals surface area contributed by atoms with Crippen LogP contribution in [0.4, 0.5) is 5.82 Å². The van der Waals surface area contributed by atoms with Crippen molar-refractivity contribution in [2.24, 2.45) is 0 Å². The maximum atomic E-state index is 12.8. The van der Waals surface area contributed by atoms with Crippen LogP contribution in [-0.2, 0) is 15.6 Å². The first-order valence-corrected chi connectivity index (χ1v) is 11.5. The van der Waals surface area contributed by atoms with Crippen molar-refractivity contribution in [3.05, 3.63) is 107 Å². The van der Waals surface area contributed by atoms with E-state index < -0.39 is 20.5 Å². The molecule has 0 spiro atoms. The molecule has 0 saturated heterocycles. The lowest BCUT2D eigenvalue weighted by molar-refractivity contribution is -0.391. The summed E-state index contributed by atoms with van der Waals surface area (Å²) in [6.45, 7) is 0. The van der Waals surface area contributed by atoms with Crippen LogP contribution in [0.25, 0.3) is 27.5 Å². The molecule has 5 aromatic rings. The van der Waals surface area contributed by atoms with Gasteiger partial charge in [0.05, 0.1) is 4.90 Å². The van der Waals surface area contributed by atoms with E-state index in [1.807, 2.05) is 48.5 Å². The van der Waals surface area contributed by atoms with E-state index in [1.54, 1.807) is 30.5 Å². The minimum atomic E-state index is -3.78. The second kappa shape index (κ2) is 7.58. The number of rotatable bonds is 5.